The highest BCUT2D eigenvalue weighted by atomic mass is 35.5. The van der Waals surface area contributed by atoms with Crippen LogP contribution >= 0.6 is 11.6 Å². The Bertz CT molecular complexity index is 1130. The van der Waals surface area contributed by atoms with Crippen molar-refractivity contribution < 1.29 is 36.2 Å². The molecule has 0 fully saturated rings. The standard InChI is InChI=1S/C21H20ClF4N3O4/c1-10(13-8-11(31-2)4-6-14(13)32-3)27-21(30)15-7-5-12(33-15)9-29-18(20(25)26)16(22)17(28-29)19(23)24/h4-8,10,19-20H,9H2,1-3H3,(H,27,30). The number of furan rings is 1. The van der Waals surface area contributed by atoms with E-state index in [1.54, 1.807) is 25.1 Å². The zero-order valence-corrected chi connectivity index (χ0v) is 18.5. The van der Waals surface area contributed by atoms with Gasteiger partial charge in [0.05, 0.1) is 31.8 Å². The molecular weight excluding hydrogens is 470 g/mol. The third-order valence-corrected chi connectivity index (χ3v) is 5.20. The Balaban J connectivity index is 1.77. The molecule has 12 heteroatoms. The minimum absolute atomic E-state index is 0.0497. The Morgan fingerprint density at radius 1 is 1.15 bits per heavy atom. The van der Waals surface area contributed by atoms with E-state index < -0.39 is 47.8 Å². The van der Waals surface area contributed by atoms with Crippen molar-refractivity contribution in [2.24, 2.45) is 0 Å². The van der Waals surface area contributed by atoms with Crippen LogP contribution in [0.25, 0.3) is 0 Å². The molecular formula is C21H20ClF4N3O4. The summed E-state index contributed by atoms with van der Waals surface area (Å²) in [4.78, 5) is 12.6. The van der Waals surface area contributed by atoms with Gasteiger partial charge in [-0.2, -0.15) is 5.10 Å². The van der Waals surface area contributed by atoms with Crippen LogP contribution in [-0.4, -0.2) is 29.9 Å². The summed E-state index contributed by atoms with van der Waals surface area (Å²) in [5, 5.41) is 5.41. The first-order valence-corrected chi connectivity index (χ1v) is 9.97. The van der Waals surface area contributed by atoms with Gasteiger partial charge in [-0.15, -0.1) is 0 Å². The number of nitrogens with zero attached hydrogens (tertiary/aromatic N) is 2. The second-order valence-corrected chi connectivity index (χ2v) is 7.29. The van der Waals surface area contributed by atoms with Crippen molar-refractivity contribution in [3.63, 3.8) is 0 Å². The van der Waals surface area contributed by atoms with E-state index in [0.717, 1.165) is 0 Å². The minimum Gasteiger partial charge on any atom is -0.497 e. The van der Waals surface area contributed by atoms with Crippen molar-refractivity contribution in [3.05, 3.63) is 63.8 Å². The number of alkyl halides is 4. The second-order valence-electron chi connectivity index (χ2n) is 6.91. The quantitative estimate of drug-likeness (QED) is 0.398. The zero-order chi connectivity index (χ0) is 24.3. The summed E-state index contributed by atoms with van der Waals surface area (Å²) in [5.74, 6) is 0.467. The van der Waals surface area contributed by atoms with Gasteiger partial charge < -0.3 is 19.2 Å². The van der Waals surface area contributed by atoms with Crippen molar-refractivity contribution in [1.29, 1.82) is 0 Å². The fraction of sp³-hybridized carbons (Fsp3) is 0.333. The molecule has 0 aliphatic heterocycles. The molecule has 0 radical (unpaired) electrons. The summed E-state index contributed by atoms with van der Waals surface area (Å²) in [6.45, 7) is 1.31. The monoisotopic (exact) mass is 489 g/mol. The molecule has 2 heterocycles. The third kappa shape index (κ3) is 5.24. The first-order valence-electron chi connectivity index (χ1n) is 9.60. The number of carbonyl (C=O) groups excluding carboxylic acids is 1. The highest BCUT2D eigenvalue weighted by Gasteiger charge is 2.28. The maximum atomic E-state index is 13.3. The molecule has 33 heavy (non-hydrogen) atoms. The normalized spacial score (nSPS) is 12.3. The molecule has 1 N–H and O–H groups in total. The average molecular weight is 490 g/mol. The summed E-state index contributed by atoms with van der Waals surface area (Å²) >= 11 is 5.65. The van der Waals surface area contributed by atoms with Crippen LogP contribution in [0.5, 0.6) is 11.5 Å². The van der Waals surface area contributed by atoms with E-state index in [-0.39, 0.29) is 11.5 Å². The number of hydrogen-bond donors (Lipinski definition) is 1. The van der Waals surface area contributed by atoms with Crippen LogP contribution in [0.4, 0.5) is 17.6 Å². The number of nitrogens with one attached hydrogen (secondary N) is 1. The summed E-state index contributed by atoms with van der Waals surface area (Å²) in [5.41, 5.74) is -1.14. The van der Waals surface area contributed by atoms with E-state index in [4.69, 9.17) is 25.5 Å². The Hall–Kier alpha value is -3.21. The first kappa shape index (κ1) is 24.4. The average Bonchev–Trinajstić information content (AvgIpc) is 3.37. The molecule has 7 nitrogen and oxygen atoms in total. The number of amides is 1. The highest BCUT2D eigenvalue weighted by molar-refractivity contribution is 6.32. The zero-order valence-electron chi connectivity index (χ0n) is 17.7. The molecule has 178 valence electrons. The Labute approximate surface area is 191 Å². The lowest BCUT2D eigenvalue weighted by Gasteiger charge is -2.17. The molecule has 0 bridgehead atoms. The van der Waals surface area contributed by atoms with E-state index in [1.807, 2.05) is 0 Å². The van der Waals surface area contributed by atoms with Gasteiger partial charge in [-0.1, -0.05) is 11.6 Å². The van der Waals surface area contributed by atoms with Gasteiger partial charge >= 0.3 is 0 Å². The number of rotatable bonds is 9. The van der Waals surface area contributed by atoms with Crippen molar-refractivity contribution in [2.75, 3.05) is 14.2 Å². The fourth-order valence-electron chi connectivity index (χ4n) is 3.20. The predicted molar refractivity (Wildman–Crippen MR) is 110 cm³/mol. The maximum Gasteiger partial charge on any atom is 0.287 e. The predicted octanol–water partition coefficient (Wildman–Crippen LogP) is 5.56. The highest BCUT2D eigenvalue weighted by Crippen LogP contribution is 2.35. The molecule has 3 rings (SSSR count). The molecule has 0 saturated carbocycles. The van der Waals surface area contributed by atoms with Crippen LogP contribution in [0.3, 0.4) is 0 Å². The first-order chi connectivity index (χ1) is 15.7. The van der Waals surface area contributed by atoms with Gasteiger partial charge in [0.25, 0.3) is 18.8 Å². The van der Waals surface area contributed by atoms with Crippen LogP contribution in [0.15, 0.2) is 34.7 Å². The maximum absolute atomic E-state index is 13.3. The van der Waals surface area contributed by atoms with Crippen LogP contribution in [-0.2, 0) is 6.54 Å². The minimum atomic E-state index is -3.13. The van der Waals surface area contributed by atoms with Gasteiger partial charge in [0.1, 0.15) is 28.6 Å². The van der Waals surface area contributed by atoms with E-state index in [1.165, 1.54) is 26.4 Å². The van der Waals surface area contributed by atoms with E-state index in [2.05, 4.69) is 10.4 Å². The molecule has 1 unspecified atom stereocenters. The molecule has 0 spiro atoms. The number of hydrogen-bond acceptors (Lipinski definition) is 5. The summed E-state index contributed by atoms with van der Waals surface area (Å²) in [7, 11) is 3.00. The van der Waals surface area contributed by atoms with Crippen molar-refractivity contribution >= 4 is 17.5 Å². The molecule has 1 aromatic carbocycles. The number of ether oxygens (including phenoxy) is 2. The molecule has 1 atom stereocenters. The summed E-state index contributed by atoms with van der Waals surface area (Å²) < 4.78 is 69.2. The largest absolute Gasteiger partial charge is 0.497 e. The summed E-state index contributed by atoms with van der Waals surface area (Å²) in [6.07, 6.45) is -6.25. The van der Waals surface area contributed by atoms with Gasteiger partial charge in [-0.3, -0.25) is 9.48 Å². The number of methoxy groups -OCH3 is 2. The molecule has 0 aliphatic carbocycles. The molecule has 0 aliphatic rings. The van der Waals surface area contributed by atoms with Gasteiger partial charge in [-0.25, -0.2) is 17.6 Å². The lowest BCUT2D eigenvalue weighted by Crippen LogP contribution is -2.26. The van der Waals surface area contributed by atoms with Crippen LogP contribution in [0.1, 0.15) is 59.1 Å². The third-order valence-electron chi connectivity index (χ3n) is 4.81. The number of benzene rings is 1. The van der Waals surface area contributed by atoms with E-state index in [9.17, 15) is 22.4 Å². The fourth-order valence-corrected chi connectivity index (χ4v) is 3.50. The SMILES string of the molecule is COc1ccc(OC)c(C(C)NC(=O)c2ccc(Cn3nc(C(F)F)c(Cl)c3C(F)F)o2)c1. The van der Waals surface area contributed by atoms with Gasteiger partial charge in [0.15, 0.2) is 5.76 Å². The summed E-state index contributed by atoms with van der Waals surface area (Å²) in [6, 6.07) is 7.32. The Kier molecular flexibility index (Phi) is 7.52. The lowest BCUT2D eigenvalue weighted by atomic mass is 10.1. The lowest BCUT2D eigenvalue weighted by molar-refractivity contribution is 0.0908. The van der Waals surface area contributed by atoms with Crippen molar-refractivity contribution in [2.45, 2.75) is 32.4 Å². The number of carbonyl (C=O) groups is 1. The van der Waals surface area contributed by atoms with E-state index in [0.29, 0.717) is 21.7 Å². The molecule has 0 saturated heterocycles. The van der Waals surface area contributed by atoms with Crippen LogP contribution in [0.2, 0.25) is 5.02 Å². The number of aromatic nitrogens is 2. The Morgan fingerprint density at radius 2 is 1.88 bits per heavy atom. The number of halogens is 5. The van der Waals surface area contributed by atoms with Crippen molar-refractivity contribution in [3.8, 4) is 11.5 Å². The van der Waals surface area contributed by atoms with Gasteiger partial charge in [0.2, 0.25) is 0 Å². The van der Waals surface area contributed by atoms with Crippen LogP contribution < -0.4 is 14.8 Å². The van der Waals surface area contributed by atoms with E-state index >= 15 is 0 Å². The Morgan fingerprint density at radius 3 is 2.48 bits per heavy atom. The van der Waals surface area contributed by atoms with Gasteiger partial charge in [-0.05, 0) is 37.3 Å². The molecule has 1 amide bonds. The molecule has 2 aromatic heterocycles. The molecule has 3 aromatic rings. The van der Waals surface area contributed by atoms with Crippen LogP contribution in [0, 0.1) is 0 Å². The van der Waals surface area contributed by atoms with Gasteiger partial charge in [0, 0.05) is 5.56 Å². The van der Waals surface area contributed by atoms with Crippen molar-refractivity contribution in [1.82, 2.24) is 15.1 Å². The second kappa shape index (κ2) is 10.2. The smallest absolute Gasteiger partial charge is 0.287 e. The topological polar surface area (TPSA) is 78.5 Å².